The predicted octanol–water partition coefficient (Wildman–Crippen LogP) is 9.14. The summed E-state index contributed by atoms with van der Waals surface area (Å²) in [6.45, 7) is 10.6. The maximum atomic E-state index is 7.98. The molecule has 4 rings (SSSR count). The molecule has 0 N–H and O–H groups in total. The zero-order chi connectivity index (χ0) is 30.4. The van der Waals surface area contributed by atoms with Crippen LogP contribution in [0, 0.1) is 11.8 Å². The van der Waals surface area contributed by atoms with Gasteiger partial charge in [-0.1, -0.05) is 0 Å². The standard InChI is InChI=1S/4C7H7.2C5H11O.O.2Sn/c4*1-7-5-3-2-4-6-7;2*1-5(2)3-4-6;;;/h4*2-6H,1H2;2*5H,3-4H2,1-2H3;;;/q;;;;2*-1;;2*+1. The Morgan fingerprint density at radius 2 is 0.674 bits per heavy atom. The van der Waals surface area contributed by atoms with Crippen LogP contribution in [-0.4, -0.2) is 51.6 Å². The van der Waals surface area contributed by atoms with Crippen LogP contribution in [0.3, 0.4) is 0 Å². The van der Waals surface area contributed by atoms with Crippen molar-refractivity contribution in [2.45, 2.75) is 58.3 Å². The van der Waals surface area contributed by atoms with Crippen molar-refractivity contribution in [2.24, 2.45) is 11.8 Å². The van der Waals surface area contributed by atoms with Crippen LogP contribution in [0.2, 0.25) is 0 Å². The summed E-state index contributed by atoms with van der Waals surface area (Å²) < 4.78 is 26.0. The van der Waals surface area contributed by atoms with Crippen LogP contribution in [-0.2, 0) is 25.3 Å². The van der Waals surface area contributed by atoms with Crippen molar-refractivity contribution in [1.82, 2.24) is 0 Å². The maximum absolute atomic E-state index is 7.98. The van der Waals surface area contributed by atoms with E-state index in [0.717, 1.165) is 43.8 Å². The van der Waals surface area contributed by atoms with Crippen molar-refractivity contribution >= 4 is 38.4 Å². The molecular weight excluding hydrogens is 742 g/mol. The first kappa shape index (κ1) is 34.2. The molecule has 0 atom stereocenters. The van der Waals surface area contributed by atoms with Crippen LogP contribution in [0.5, 0.6) is 0 Å². The number of hydrogen-bond acceptors (Lipinski definition) is 3. The van der Waals surface area contributed by atoms with Crippen molar-refractivity contribution in [3.05, 3.63) is 144 Å². The molecule has 0 aliphatic rings. The van der Waals surface area contributed by atoms with Gasteiger partial charge in [0, 0.05) is 0 Å². The molecule has 0 aliphatic carbocycles. The Balaban J connectivity index is 1.83. The summed E-state index contributed by atoms with van der Waals surface area (Å²) in [5.41, 5.74) is 5.22. The molecule has 0 saturated carbocycles. The van der Waals surface area contributed by atoms with Gasteiger partial charge in [-0.05, 0) is 0 Å². The topological polar surface area (TPSA) is 27.7 Å². The Labute approximate surface area is 270 Å². The zero-order valence-electron chi connectivity index (χ0n) is 26.6. The third kappa shape index (κ3) is 12.0. The van der Waals surface area contributed by atoms with E-state index in [1.165, 1.54) is 22.3 Å². The van der Waals surface area contributed by atoms with Crippen LogP contribution in [0.4, 0.5) is 0 Å². The molecular formula is C38H50O3Sn2. The molecule has 0 saturated heterocycles. The van der Waals surface area contributed by atoms with Crippen molar-refractivity contribution < 1.29 is 7.56 Å². The van der Waals surface area contributed by atoms with E-state index < -0.39 is 38.4 Å². The quantitative estimate of drug-likeness (QED) is 0.0942. The fraction of sp³-hybridized carbons (Fsp3) is 0.368. The molecule has 0 bridgehead atoms. The van der Waals surface area contributed by atoms with Crippen LogP contribution >= 0.6 is 0 Å². The summed E-state index contributed by atoms with van der Waals surface area (Å²) in [7, 11) is 0. The molecule has 0 aliphatic heterocycles. The molecule has 228 valence electrons. The first-order chi connectivity index (χ1) is 20.9. The van der Waals surface area contributed by atoms with E-state index in [9.17, 15) is 0 Å². The van der Waals surface area contributed by atoms with Crippen molar-refractivity contribution in [2.75, 3.05) is 13.2 Å². The van der Waals surface area contributed by atoms with Gasteiger partial charge in [-0.2, -0.15) is 0 Å². The van der Waals surface area contributed by atoms with Gasteiger partial charge < -0.3 is 0 Å². The SMILES string of the molecule is CC(C)CC[O][Sn]([CH2]c1ccccc1)([CH2]c1ccccc1)[O][Sn]([CH2]c1ccccc1)([CH2]c1ccccc1)[O]CCC(C)C. The second kappa shape index (κ2) is 17.7. The zero-order valence-corrected chi connectivity index (χ0v) is 32.3. The summed E-state index contributed by atoms with van der Waals surface area (Å²) in [4.78, 5) is 0. The molecule has 3 nitrogen and oxygen atoms in total. The second-order valence-corrected chi connectivity index (χ2v) is 33.2. The van der Waals surface area contributed by atoms with E-state index in [1.54, 1.807) is 0 Å². The molecule has 0 radical (unpaired) electrons. The summed E-state index contributed by atoms with van der Waals surface area (Å²) in [6.07, 6.45) is 2.05. The van der Waals surface area contributed by atoms with E-state index in [4.69, 9.17) is 7.56 Å². The van der Waals surface area contributed by atoms with E-state index >= 15 is 0 Å². The molecule has 0 aromatic heterocycles. The third-order valence-corrected chi connectivity index (χ3v) is 39.1. The normalized spacial score (nSPS) is 12.2. The Morgan fingerprint density at radius 3 is 0.907 bits per heavy atom. The fourth-order valence-electron chi connectivity index (χ4n) is 5.46. The van der Waals surface area contributed by atoms with Crippen LogP contribution < -0.4 is 0 Å². The molecule has 0 fully saturated rings. The van der Waals surface area contributed by atoms with Crippen LogP contribution in [0.25, 0.3) is 0 Å². The van der Waals surface area contributed by atoms with Crippen LogP contribution in [0.1, 0.15) is 62.8 Å². The van der Waals surface area contributed by atoms with E-state index in [1.807, 2.05) is 0 Å². The Kier molecular flexibility index (Phi) is 14.1. The Hall–Kier alpha value is -1.64. The number of rotatable bonds is 18. The van der Waals surface area contributed by atoms with E-state index in [-0.39, 0.29) is 0 Å². The average Bonchev–Trinajstić information content (AvgIpc) is 2.99. The number of hydrogen-bond donors (Lipinski definition) is 0. The predicted molar refractivity (Wildman–Crippen MR) is 184 cm³/mol. The first-order valence-corrected chi connectivity index (χ1v) is 28.7. The van der Waals surface area contributed by atoms with Gasteiger partial charge in [0.15, 0.2) is 0 Å². The van der Waals surface area contributed by atoms with Gasteiger partial charge in [0.1, 0.15) is 0 Å². The van der Waals surface area contributed by atoms with Crippen molar-refractivity contribution in [3.8, 4) is 0 Å². The van der Waals surface area contributed by atoms with Gasteiger partial charge in [0.2, 0.25) is 0 Å². The summed E-state index contributed by atoms with van der Waals surface area (Å²) in [5, 5.41) is 0. The minimum absolute atomic E-state index is 0.571. The van der Waals surface area contributed by atoms with E-state index in [0.29, 0.717) is 11.8 Å². The van der Waals surface area contributed by atoms with Gasteiger partial charge in [0.25, 0.3) is 0 Å². The minimum atomic E-state index is -3.94. The van der Waals surface area contributed by atoms with E-state index in [2.05, 4.69) is 149 Å². The van der Waals surface area contributed by atoms with Crippen molar-refractivity contribution in [3.63, 3.8) is 0 Å². The van der Waals surface area contributed by atoms with Gasteiger partial charge in [-0.15, -0.1) is 0 Å². The van der Waals surface area contributed by atoms with Gasteiger partial charge >= 0.3 is 273 Å². The number of benzene rings is 4. The summed E-state index contributed by atoms with van der Waals surface area (Å²) >= 11 is -7.88. The Morgan fingerprint density at radius 1 is 0.419 bits per heavy atom. The first-order valence-electron chi connectivity index (χ1n) is 16.0. The monoisotopic (exact) mass is 794 g/mol. The Bertz CT molecular complexity index is 1110. The molecule has 0 spiro atoms. The summed E-state index contributed by atoms with van der Waals surface area (Å²) in [6, 6.07) is 43.5. The molecule has 0 amide bonds. The molecule has 0 unspecified atom stereocenters. The van der Waals surface area contributed by atoms with Crippen LogP contribution in [0.15, 0.2) is 121 Å². The van der Waals surface area contributed by atoms with Gasteiger partial charge in [-0.25, -0.2) is 0 Å². The second-order valence-electron chi connectivity index (χ2n) is 12.6. The van der Waals surface area contributed by atoms with Gasteiger partial charge in [0.05, 0.1) is 0 Å². The molecule has 43 heavy (non-hydrogen) atoms. The summed E-state index contributed by atoms with van der Waals surface area (Å²) in [5.74, 6) is 1.14. The molecule has 0 heterocycles. The molecule has 4 aromatic carbocycles. The molecule has 5 heteroatoms. The van der Waals surface area contributed by atoms with Crippen molar-refractivity contribution in [1.29, 1.82) is 0 Å². The third-order valence-electron chi connectivity index (χ3n) is 7.76. The van der Waals surface area contributed by atoms with Gasteiger partial charge in [-0.3, -0.25) is 0 Å². The fourth-order valence-corrected chi connectivity index (χ4v) is 43.8. The average molecular weight is 792 g/mol. The molecule has 4 aromatic rings.